The van der Waals surface area contributed by atoms with Gasteiger partial charge in [-0.1, -0.05) is 29.8 Å². The molecule has 0 amide bonds. The van der Waals surface area contributed by atoms with Crippen LogP contribution < -0.4 is 4.74 Å². The molecule has 0 aliphatic heterocycles. The monoisotopic (exact) mass is 255 g/mol. The van der Waals surface area contributed by atoms with Gasteiger partial charge >= 0.3 is 0 Å². The molecule has 1 atom stereocenters. The first kappa shape index (κ1) is 14.0. The first-order chi connectivity index (χ1) is 8.22. The normalized spacial score (nSPS) is 13.2. The second-order valence-electron chi connectivity index (χ2n) is 3.77. The highest BCUT2D eigenvalue weighted by atomic mass is 35.5. The molecule has 1 unspecified atom stereocenters. The lowest BCUT2D eigenvalue weighted by molar-refractivity contribution is 0.158. The number of halogens is 1. The smallest absolute Gasteiger partial charge is 0.118 e. The van der Waals surface area contributed by atoms with Crippen molar-refractivity contribution in [3.8, 4) is 5.75 Å². The number of likely N-dealkylation sites (N-methyl/N-ethyl adjacent to an activating group) is 1. The minimum absolute atomic E-state index is 0.0335. The lowest BCUT2D eigenvalue weighted by atomic mass is 10.1. The Kier molecular flexibility index (Phi) is 6.05. The molecule has 1 aromatic rings. The lowest BCUT2D eigenvalue weighted by Crippen LogP contribution is -2.27. The van der Waals surface area contributed by atoms with Crippen molar-refractivity contribution in [2.24, 2.45) is 0 Å². The van der Waals surface area contributed by atoms with Crippen LogP contribution in [0.2, 0.25) is 0 Å². The number of rotatable bonds is 6. The molecule has 1 aromatic carbocycles. The summed E-state index contributed by atoms with van der Waals surface area (Å²) >= 11 is 5.49. The summed E-state index contributed by atoms with van der Waals surface area (Å²) in [6.07, 6.45) is 1.84. The SMILES string of the molecule is COc1ccc(C(CO)N(C)CC=CCl)cc1. The number of hydrogen-bond acceptors (Lipinski definition) is 3. The molecule has 0 spiro atoms. The maximum atomic E-state index is 9.45. The van der Waals surface area contributed by atoms with Crippen LogP contribution in [-0.2, 0) is 0 Å². The summed E-state index contributed by atoms with van der Waals surface area (Å²) in [5.41, 5.74) is 2.54. The molecular weight excluding hydrogens is 238 g/mol. The molecule has 0 heterocycles. The first-order valence-electron chi connectivity index (χ1n) is 5.43. The minimum Gasteiger partial charge on any atom is -0.497 e. The predicted octanol–water partition coefficient (Wildman–Crippen LogP) is 2.41. The Morgan fingerprint density at radius 3 is 2.53 bits per heavy atom. The molecule has 0 aliphatic rings. The minimum atomic E-state index is -0.0335. The van der Waals surface area contributed by atoms with Crippen LogP contribution in [0.25, 0.3) is 0 Å². The van der Waals surface area contributed by atoms with Gasteiger partial charge in [0.25, 0.3) is 0 Å². The second kappa shape index (κ2) is 7.33. The molecule has 0 saturated carbocycles. The summed E-state index contributed by atoms with van der Waals surface area (Å²) in [7, 11) is 3.58. The van der Waals surface area contributed by atoms with Crippen molar-refractivity contribution in [1.82, 2.24) is 4.90 Å². The van der Waals surface area contributed by atoms with Crippen molar-refractivity contribution < 1.29 is 9.84 Å². The fourth-order valence-corrected chi connectivity index (χ4v) is 1.74. The third-order valence-corrected chi connectivity index (χ3v) is 2.87. The number of hydrogen-bond donors (Lipinski definition) is 1. The molecule has 1 rings (SSSR count). The number of ether oxygens (including phenoxy) is 1. The van der Waals surface area contributed by atoms with E-state index in [1.165, 1.54) is 5.54 Å². The zero-order valence-electron chi connectivity index (χ0n) is 10.1. The molecule has 94 valence electrons. The van der Waals surface area contributed by atoms with E-state index in [0.29, 0.717) is 6.54 Å². The molecule has 0 aromatic heterocycles. The lowest BCUT2D eigenvalue weighted by Gasteiger charge is -2.25. The van der Waals surface area contributed by atoms with Crippen molar-refractivity contribution >= 4 is 11.6 Å². The van der Waals surface area contributed by atoms with Crippen molar-refractivity contribution in [2.45, 2.75) is 6.04 Å². The average molecular weight is 256 g/mol. The van der Waals surface area contributed by atoms with Crippen molar-refractivity contribution in [3.63, 3.8) is 0 Å². The van der Waals surface area contributed by atoms with Crippen molar-refractivity contribution in [2.75, 3.05) is 27.3 Å². The molecule has 4 heteroatoms. The van der Waals surface area contributed by atoms with Crippen LogP contribution in [0.4, 0.5) is 0 Å². The summed E-state index contributed by atoms with van der Waals surface area (Å²) in [6, 6.07) is 7.67. The molecule has 1 N–H and O–H groups in total. The van der Waals surface area contributed by atoms with Crippen molar-refractivity contribution in [1.29, 1.82) is 0 Å². The third kappa shape index (κ3) is 4.04. The fraction of sp³-hybridized carbons (Fsp3) is 0.385. The average Bonchev–Trinajstić information content (AvgIpc) is 2.38. The van der Waals surface area contributed by atoms with E-state index in [9.17, 15) is 5.11 Å². The Morgan fingerprint density at radius 1 is 1.41 bits per heavy atom. The summed E-state index contributed by atoms with van der Waals surface area (Å²) in [6.45, 7) is 0.764. The van der Waals surface area contributed by atoms with Gasteiger partial charge in [0, 0.05) is 12.1 Å². The zero-order chi connectivity index (χ0) is 12.7. The first-order valence-corrected chi connectivity index (χ1v) is 5.86. The Hall–Kier alpha value is -1.03. The molecule has 0 radical (unpaired) electrons. The highest BCUT2D eigenvalue weighted by Crippen LogP contribution is 2.21. The standard InChI is InChI=1S/C13H18ClNO2/c1-15(9-3-8-14)13(10-16)11-4-6-12(17-2)7-5-11/h3-8,13,16H,9-10H2,1-2H3. The van der Waals surface area contributed by atoms with E-state index >= 15 is 0 Å². The number of methoxy groups -OCH3 is 1. The largest absolute Gasteiger partial charge is 0.497 e. The van der Waals surface area contributed by atoms with Crippen LogP contribution in [0.3, 0.4) is 0 Å². The van der Waals surface area contributed by atoms with Gasteiger partial charge in [0.1, 0.15) is 5.75 Å². The van der Waals surface area contributed by atoms with E-state index in [2.05, 4.69) is 0 Å². The van der Waals surface area contributed by atoms with E-state index in [-0.39, 0.29) is 12.6 Å². The van der Waals surface area contributed by atoms with Gasteiger partial charge in [-0.2, -0.15) is 0 Å². The molecule has 17 heavy (non-hydrogen) atoms. The number of aliphatic hydroxyl groups excluding tert-OH is 1. The number of nitrogens with zero attached hydrogens (tertiary/aromatic N) is 1. The molecule has 3 nitrogen and oxygen atoms in total. The van der Waals surface area contributed by atoms with Gasteiger partial charge in [0.05, 0.1) is 19.8 Å². The number of aliphatic hydroxyl groups is 1. The molecule has 0 fully saturated rings. The quantitative estimate of drug-likeness (QED) is 0.847. The van der Waals surface area contributed by atoms with E-state index < -0.39 is 0 Å². The number of benzene rings is 1. The Labute approximate surface area is 107 Å². The van der Waals surface area contributed by atoms with Gasteiger partial charge in [0.2, 0.25) is 0 Å². The van der Waals surface area contributed by atoms with Crippen LogP contribution in [0.15, 0.2) is 35.9 Å². The van der Waals surface area contributed by atoms with E-state index in [4.69, 9.17) is 16.3 Å². The molecule has 0 aliphatic carbocycles. The van der Waals surface area contributed by atoms with E-state index in [0.717, 1.165) is 11.3 Å². The van der Waals surface area contributed by atoms with Gasteiger partial charge in [-0.15, -0.1) is 0 Å². The third-order valence-electron chi connectivity index (χ3n) is 2.69. The van der Waals surface area contributed by atoms with Gasteiger partial charge in [-0.3, -0.25) is 4.90 Å². The van der Waals surface area contributed by atoms with Gasteiger partial charge < -0.3 is 9.84 Å². The fourth-order valence-electron chi connectivity index (χ4n) is 1.66. The molecule has 0 saturated heterocycles. The van der Waals surface area contributed by atoms with Crippen LogP contribution >= 0.6 is 11.6 Å². The van der Waals surface area contributed by atoms with Crippen molar-refractivity contribution in [3.05, 3.63) is 41.4 Å². The van der Waals surface area contributed by atoms with Gasteiger partial charge in [-0.05, 0) is 24.7 Å². The predicted molar refractivity (Wildman–Crippen MR) is 70.4 cm³/mol. The van der Waals surface area contributed by atoms with Crippen LogP contribution in [0.1, 0.15) is 11.6 Å². The highest BCUT2D eigenvalue weighted by Gasteiger charge is 2.14. The zero-order valence-corrected chi connectivity index (χ0v) is 10.9. The summed E-state index contributed by atoms with van der Waals surface area (Å²) in [5.74, 6) is 0.814. The maximum Gasteiger partial charge on any atom is 0.118 e. The van der Waals surface area contributed by atoms with Crippen LogP contribution in [0.5, 0.6) is 5.75 Å². The summed E-state index contributed by atoms with van der Waals surface area (Å²) in [5, 5.41) is 9.45. The van der Waals surface area contributed by atoms with Gasteiger partial charge in [0.15, 0.2) is 0 Å². The summed E-state index contributed by atoms with van der Waals surface area (Å²) < 4.78 is 5.10. The van der Waals surface area contributed by atoms with E-state index in [1.54, 1.807) is 7.11 Å². The topological polar surface area (TPSA) is 32.7 Å². The molecular formula is C13H18ClNO2. The Bertz CT molecular complexity index is 351. The second-order valence-corrected chi connectivity index (χ2v) is 4.02. The van der Waals surface area contributed by atoms with E-state index in [1.807, 2.05) is 42.3 Å². The maximum absolute atomic E-state index is 9.45. The summed E-state index contributed by atoms with van der Waals surface area (Å²) in [4.78, 5) is 2.03. The Balaban J connectivity index is 2.77. The highest BCUT2D eigenvalue weighted by molar-refractivity contribution is 6.25. The molecule has 0 bridgehead atoms. The van der Waals surface area contributed by atoms with Crippen LogP contribution in [-0.4, -0.2) is 37.3 Å². The van der Waals surface area contributed by atoms with Gasteiger partial charge in [-0.25, -0.2) is 0 Å². The van der Waals surface area contributed by atoms with Crippen LogP contribution in [0, 0.1) is 0 Å². The Morgan fingerprint density at radius 2 is 2.06 bits per heavy atom.